The largest absolute Gasteiger partial charge is 0.455 e. The van der Waals surface area contributed by atoms with E-state index in [0.29, 0.717) is 0 Å². The van der Waals surface area contributed by atoms with Crippen LogP contribution in [0.25, 0.3) is 93.2 Å². The summed E-state index contributed by atoms with van der Waals surface area (Å²) in [6.45, 7) is 0. The molecule has 0 saturated heterocycles. The van der Waals surface area contributed by atoms with Crippen molar-refractivity contribution in [1.29, 1.82) is 0 Å². The Bertz CT molecular complexity index is 3510. The highest BCUT2D eigenvalue weighted by Crippen LogP contribution is 2.41. The molecule has 0 fully saturated rings. The monoisotopic (exact) mass is 753 g/mol. The number of hydrogen-bond donors (Lipinski definition) is 0. The van der Waals surface area contributed by atoms with Crippen molar-refractivity contribution in [3.63, 3.8) is 0 Å². The number of para-hydroxylation sites is 3. The highest BCUT2D eigenvalue weighted by Gasteiger charge is 2.18. The van der Waals surface area contributed by atoms with E-state index in [9.17, 15) is 0 Å². The van der Waals surface area contributed by atoms with Gasteiger partial charge in [-0.25, -0.2) is 0 Å². The molecule has 0 atom stereocenters. The van der Waals surface area contributed by atoms with Crippen LogP contribution in [0.1, 0.15) is 0 Å². The molecule has 0 aliphatic rings. The summed E-state index contributed by atoms with van der Waals surface area (Å²) in [7, 11) is 0. The summed E-state index contributed by atoms with van der Waals surface area (Å²) < 4.78 is 8.78. The Morgan fingerprint density at radius 3 is 1.68 bits per heavy atom. The summed E-state index contributed by atoms with van der Waals surface area (Å²) in [5.41, 5.74) is 12.9. The normalized spacial score (nSPS) is 11.7. The first kappa shape index (κ1) is 33.2. The summed E-state index contributed by atoms with van der Waals surface area (Å²) in [6, 6.07) is 72.0. The highest BCUT2D eigenvalue weighted by molar-refractivity contribution is 6.10. The van der Waals surface area contributed by atoms with Gasteiger partial charge in [-0.05, 0) is 111 Å². The molecule has 0 amide bonds. The summed E-state index contributed by atoms with van der Waals surface area (Å²) in [4.78, 5) is 6.98. The first-order chi connectivity index (χ1) is 29.2. The lowest BCUT2D eigenvalue weighted by atomic mass is 10.0. The molecule has 4 nitrogen and oxygen atoms in total. The topological polar surface area (TPSA) is 34.2 Å². The van der Waals surface area contributed by atoms with Crippen molar-refractivity contribution in [2.45, 2.75) is 0 Å². The molecule has 12 aromatic rings. The third-order valence-electron chi connectivity index (χ3n) is 11.8. The van der Waals surface area contributed by atoms with Gasteiger partial charge in [0.1, 0.15) is 11.2 Å². The fraction of sp³-hybridized carbons (Fsp3) is 0. The zero-order valence-corrected chi connectivity index (χ0v) is 32.0. The third kappa shape index (κ3) is 5.49. The minimum atomic E-state index is 0.852. The van der Waals surface area contributed by atoms with Gasteiger partial charge in [0.2, 0.25) is 0 Å². The number of furan rings is 1. The van der Waals surface area contributed by atoms with Crippen LogP contribution in [0.2, 0.25) is 0 Å². The van der Waals surface area contributed by atoms with Crippen molar-refractivity contribution in [3.05, 3.63) is 213 Å². The van der Waals surface area contributed by atoms with Crippen molar-refractivity contribution in [2.75, 3.05) is 4.90 Å². The molecule has 4 heteroatoms. The van der Waals surface area contributed by atoms with Gasteiger partial charge in [-0.2, -0.15) is 0 Å². The van der Waals surface area contributed by atoms with E-state index in [4.69, 9.17) is 4.42 Å². The Hall–Kier alpha value is -7.95. The summed E-state index contributed by atoms with van der Waals surface area (Å²) in [5.74, 6) is 0. The number of aromatic nitrogens is 2. The van der Waals surface area contributed by atoms with Gasteiger partial charge in [0, 0.05) is 62.3 Å². The zero-order valence-electron chi connectivity index (χ0n) is 32.0. The smallest absolute Gasteiger partial charge is 0.146 e. The van der Waals surface area contributed by atoms with Crippen LogP contribution in [0.15, 0.2) is 217 Å². The number of pyridine rings is 1. The van der Waals surface area contributed by atoms with Gasteiger partial charge in [0.25, 0.3) is 0 Å². The quantitative estimate of drug-likeness (QED) is 0.170. The van der Waals surface area contributed by atoms with E-state index in [0.717, 1.165) is 55.8 Å². The van der Waals surface area contributed by atoms with E-state index >= 15 is 0 Å². The fourth-order valence-electron chi connectivity index (χ4n) is 8.96. The van der Waals surface area contributed by atoms with Crippen LogP contribution in [0.4, 0.5) is 17.1 Å². The lowest BCUT2D eigenvalue weighted by molar-refractivity contribution is 0.669. The molecule has 0 aliphatic carbocycles. The Labute approximate surface area is 340 Å². The van der Waals surface area contributed by atoms with Gasteiger partial charge in [-0.1, -0.05) is 127 Å². The van der Waals surface area contributed by atoms with Crippen LogP contribution in [-0.2, 0) is 0 Å². The predicted octanol–water partition coefficient (Wildman–Crippen LogP) is 15.2. The first-order valence-electron chi connectivity index (χ1n) is 20.0. The minimum Gasteiger partial charge on any atom is -0.455 e. The van der Waals surface area contributed by atoms with E-state index in [2.05, 4.69) is 196 Å². The van der Waals surface area contributed by atoms with Crippen molar-refractivity contribution >= 4 is 82.4 Å². The van der Waals surface area contributed by atoms with Crippen LogP contribution < -0.4 is 4.90 Å². The van der Waals surface area contributed by atoms with Crippen molar-refractivity contribution in [3.8, 4) is 27.9 Å². The van der Waals surface area contributed by atoms with Gasteiger partial charge in [-0.15, -0.1) is 0 Å². The first-order valence-corrected chi connectivity index (χ1v) is 20.0. The Morgan fingerprint density at radius 1 is 0.390 bits per heavy atom. The van der Waals surface area contributed by atoms with E-state index in [1.165, 1.54) is 54.5 Å². The molecule has 0 aliphatic heterocycles. The second-order valence-electron chi connectivity index (χ2n) is 15.2. The molecule has 12 rings (SSSR count). The number of hydrogen-bond acceptors (Lipinski definition) is 3. The van der Waals surface area contributed by atoms with Gasteiger partial charge < -0.3 is 13.9 Å². The van der Waals surface area contributed by atoms with Gasteiger partial charge in [-0.3, -0.25) is 4.98 Å². The van der Waals surface area contributed by atoms with Gasteiger partial charge in [0.05, 0.1) is 11.0 Å². The standard InChI is InChI=1S/C55H35N3O/c1-2-10-36(11-3-1)38-18-19-40-31-44(27-22-39(40)30-38)57(43-25-20-37(21-26-43)50-34-56-35-51-49-14-6-9-17-54(49)59-55(50)51)45-28-23-42-33-46(29-24-41(42)32-45)58-52-15-7-4-12-47(52)48-13-5-8-16-53(48)58/h1-35H. The molecule has 59 heavy (non-hydrogen) atoms. The zero-order chi connectivity index (χ0) is 38.9. The van der Waals surface area contributed by atoms with Crippen LogP contribution in [0, 0.1) is 0 Å². The highest BCUT2D eigenvalue weighted by atomic mass is 16.3. The summed E-state index contributed by atoms with van der Waals surface area (Å²) in [6.07, 6.45) is 3.80. The van der Waals surface area contributed by atoms with Crippen LogP contribution in [0.5, 0.6) is 0 Å². The maximum atomic E-state index is 6.39. The molecule has 3 heterocycles. The maximum Gasteiger partial charge on any atom is 0.146 e. The van der Waals surface area contributed by atoms with E-state index in [-0.39, 0.29) is 0 Å². The molecule has 0 unspecified atom stereocenters. The van der Waals surface area contributed by atoms with Gasteiger partial charge >= 0.3 is 0 Å². The molecular weight excluding hydrogens is 719 g/mol. The lowest BCUT2D eigenvalue weighted by Crippen LogP contribution is -2.10. The minimum absolute atomic E-state index is 0.852. The third-order valence-corrected chi connectivity index (χ3v) is 11.8. The Kier molecular flexibility index (Phi) is 7.50. The Balaban J connectivity index is 0.977. The van der Waals surface area contributed by atoms with Crippen molar-refractivity contribution in [1.82, 2.24) is 9.55 Å². The average Bonchev–Trinajstić information content (AvgIpc) is 3.85. The van der Waals surface area contributed by atoms with Crippen LogP contribution >= 0.6 is 0 Å². The van der Waals surface area contributed by atoms with E-state index < -0.39 is 0 Å². The maximum absolute atomic E-state index is 6.39. The molecule has 9 aromatic carbocycles. The molecule has 0 N–H and O–H groups in total. The number of benzene rings is 9. The molecule has 0 bridgehead atoms. The second-order valence-corrected chi connectivity index (χ2v) is 15.2. The lowest BCUT2D eigenvalue weighted by Gasteiger charge is -2.26. The number of rotatable bonds is 6. The SMILES string of the molecule is c1ccc(-c2ccc3cc(N(c4ccc(-c5cncc6c5oc5ccccc56)cc4)c4ccc5cc(-n6c7ccccc7c7ccccc76)ccc5c4)ccc3c2)cc1. The molecule has 0 saturated carbocycles. The number of anilines is 3. The second kappa shape index (κ2) is 13.3. The molecule has 0 radical (unpaired) electrons. The Morgan fingerprint density at radius 2 is 0.949 bits per heavy atom. The summed E-state index contributed by atoms with van der Waals surface area (Å²) >= 11 is 0. The molecule has 3 aromatic heterocycles. The number of nitrogens with zero attached hydrogens (tertiary/aromatic N) is 3. The average molecular weight is 754 g/mol. The molecular formula is C55H35N3O. The van der Waals surface area contributed by atoms with Crippen molar-refractivity contribution in [2.24, 2.45) is 0 Å². The number of fused-ring (bicyclic) bond motifs is 8. The van der Waals surface area contributed by atoms with Gasteiger partial charge in [0.15, 0.2) is 0 Å². The van der Waals surface area contributed by atoms with Crippen LogP contribution in [0.3, 0.4) is 0 Å². The fourth-order valence-corrected chi connectivity index (χ4v) is 8.96. The van der Waals surface area contributed by atoms with E-state index in [1.807, 2.05) is 30.6 Å². The van der Waals surface area contributed by atoms with E-state index in [1.54, 1.807) is 0 Å². The molecule has 276 valence electrons. The summed E-state index contributed by atoms with van der Waals surface area (Å²) in [5, 5.41) is 9.36. The van der Waals surface area contributed by atoms with Crippen LogP contribution in [-0.4, -0.2) is 9.55 Å². The molecule has 0 spiro atoms. The van der Waals surface area contributed by atoms with Crippen molar-refractivity contribution < 1.29 is 4.42 Å². The predicted molar refractivity (Wildman–Crippen MR) is 246 cm³/mol.